The Hall–Kier alpha value is -2.29. The Balaban J connectivity index is 2.44. The number of benzene rings is 1. The van der Waals surface area contributed by atoms with Crippen molar-refractivity contribution in [2.75, 3.05) is 12.8 Å². The zero-order chi connectivity index (χ0) is 14.9. The maximum Gasteiger partial charge on any atom is 0.343 e. The summed E-state index contributed by atoms with van der Waals surface area (Å²) < 4.78 is 19.6. The van der Waals surface area contributed by atoms with Crippen LogP contribution < -0.4 is 11.4 Å². The number of carbonyl (C=O) groups is 1. The molecule has 1 heterocycles. The third-order valence-corrected chi connectivity index (χ3v) is 3.63. The van der Waals surface area contributed by atoms with Gasteiger partial charge in [0.25, 0.3) is 0 Å². The normalized spacial score (nSPS) is 10.6. The van der Waals surface area contributed by atoms with E-state index in [0.29, 0.717) is 0 Å². The first kappa shape index (κ1) is 14.1. The second kappa shape index (κ2) is 5.37. The molecule has 9 heteroatoms. The summed E-state index contributed by atoms with van der Waals surface area (Å²) in [5.41, 5.74) is 5.18. The molecule has 0 fully saturated rings. The van der Waals surface area contributed by atoms with E-state index >= 15 is 0 Å². The van der Waals surface area contributed by atoms with E-state index in [1.807, 2.05) is 0 Å². The number of carbonyl (C=O) groups excluding carboxylic acids is 1. The molecule has 0 aliphatic rings. The van der Waals surface area contributed by atoms with Crippen molar-refractivity contribution in [1.29, 1.82) is 0 Å². The number of halogens is 1. The molecule has 0 unspecified atom stereocenters. The lowest BCUT2D eigenvalue weighted by molar-refractivity contribution is 0.0601. The van der Waals surface area contributed by atoms with E-state index in [0.717, 1.165) is 17.8 Å². The van der Waals surface area contributed by atoms with Crippen molar-refractivity contribution in [2.24, 2.45) is 7.05 Å². The Morgan fingerprint density at radius 3 is 2.80 bits per heavy atom. The predicted molar refractivity (Wildman–Crippen MR) is 70.1 cm³/mol. The fourth-order valence-corrected chi connectivity index (χ4v) is 2.30. The topological polar surface area (TPSA) is 103 Å². The molecule has 0 aliphatic heterocycles. The smallest absolute Gasteiger partial charge is 0.343 e. The zero-order valence-electron chi connectivity index (χ0n) is 10.6. The zero-order valence-corrected chi connectivity index (χ0v) is 11.5. The first-order valence-corrected chi connectivity index (χ1v) is 6.22. The molecule has 0 aliphatic carbocycles. The Kier molecular flexibility index (Phi) is 3.79. The molecule has 2 rings (SSSR count). The minimum absolute atomic E-state index is 0.0189. The largest absolute Gasteiger partial charge is 0.465 e. The summed E-state index contributed by atoms with van der Waals surface area (Å²) in [5.74, 6) is -1.28. The summed E-state index contributed by atoms with van der Waals surface area (Å²) in [4.78, 5) is 22.9. The van der Waals surface area contributed by atoms with Gasteiger partial charge in [0, 0.05) is 12.7 Å². The van der Waals surface area contributed by atoms with Gasteiger partial charge in [0.15, 0.2) is 5.16 Å². The average Bonchev–Trinajstić information content (AvgIpc) is 2.72. The summed E-state index contributed by atoms with van der Waals surface area (Å²) in [6.45, 7) is 0. The lowest BCUT2D eigenvalue weighted by Gasteiger charge is -2.07. The fraction of sp³-hybridized carbons (Fsp3) is 0.182. The van der Waals surface area contributed by atoms with Gasteiger partial charge >= 0.3 is 11.7 Å². The minimum Gasteiger partial charge on any atom is -0.465 e. The summed E-state index contributed by atoms with van der Waals surface area (Å²) in [7, 11) is 2.69. The molecule has 0 saturated heterocycles. The van der Waals surface area contributed by atoms with Gasteiger partial charge in [-0.15, -0.1) is 5.10 Å². The number of nitrogens with two attached hydrogens (primary N) is 1. The molecule has 0 saturated carbocycles. The number of aromatic amines is 1. The molecule has 0 bridgehead atoms. The maximum absolute atomic E-state index is 13.8. The van der Waals surface area contributed by atoms with E-state index in [4.69, 9.17) is 5.73 Å². The molecular weight excluding hydrogens is 287 g/mol. The average molecular weight is 298 g/mol. The van der Waals surface area contributed by atoms with Crippen molar-refractivity contribution in [1.82, 2.24) is 14.8 Å². The number of rotatable bonds is 3. The highest BCUT2D eigenvalue weighted by Gasteiger charge is 2.17. The molecule has 2 aromatic rings. The molecule has 1 aromatic heterocycles. The van der Waals surface area contributed by atoms with Crippen LogP contribution in [0.4, 0.5) is 10.1 Å². The molecule has 7 nitrogen and oxygen atoms in total. The number of nitrogens with one attached hydrogen (secondary N) is 1. The van der Waals surface area contributed by atoms with Gasteiger partial charge in [0.2, 0.25) is 0 Å². The van der Waals surface area contributed by atoms with E-state index in [2.05, 4.69) is 14.9 Å². The number of hydrogen-bond donors (Lipinski definition) is 2. The van der Waals surface area contributed by atoms with E-state index in [-0.39, 0.29) is 21.3 Å². The number of methoxy groups -OCH3 is 1. The van der Waals surface area contributed by atoms with Gasteiger partial charge in [-0.2, -0.15) is 0 Å². The lowest BCUT2D eigenvalue weighted by Crippen LogP contribution is -2.13. The Morgan fingerprint density at radius 2 is 2.25 bits per heavy atom. The minimum atomic E-state index is -0.666. The van der Waals surface area contributed by atoms with Gasteiger partial charge in [0.05, 0.1) is 17.6 Å². The van der Waals surface area contributed by atoms with Crippen LogP contribution in [0.1, 0.15) is 10.4 Å². The number of hydrogen-bond acceptors (Lipinski definition) is 6. The number of nitrogens with zero attached hydrogens (tertiary/aromatic N) is 2. The van der Waals surface area contributed by atoms with Crippen LogP contribution >= 0.6 is 11.8 Å². The van der Waals surface area contributed by atoms with Crippen LogP contribution in [0.5, 0.6) is 0 Å². The second-order valence-corrected chi connectivity index (χ2v) is 4.84. The SMILES string of the molecule is COC(=O)c1cc(Sc2n[nH]c(=O)n2C)c(F)cc1N. The van der Waals surface area contributed by atoms with Crippen LogP contribution in [0.3, 0.4) is 0 Å². The Labute approximate surface area is 116 Å². The number of ether oxygens (including phenoxy) is 1. The quantitative estimate of drug-likeness (QED) is 0.641. The van der Waals surface area contributed by atoms with Gasteiger partial charge in [-0.25, -0.2) is 19.1 Å². The molecular formula is C11H11FN4O3S. The number of H-pyrrole nitrogens is 1. The third-order valence-electron chi connectivity index (χ3n) is 2.55. The highest BCUT2D eigenvalue weighted by molar-refractivity contribution is 7.99. The molecule has 0 spiro atoms. The predicted octanol–water partition coefficient (Wildman–Crippen LogP) is 0.767. The van der Waals surface area contributed by atoms with Crippen LogP contribution in [0.25, 0.3) is 0 Å². The molecule has 0 amide bonds. The molecule has 20 heavy (non-hydrogen) atoms. The summed E-state index contributed by atoms with van der Waals surface area (Å²) in [6.07, 6.45) is 0. The third kappa shape index (κ3) is 2.52. The summed E-state index contributed by atoms with van der Waals surface area (Å²) >= 11 is 0.895. The van der Waals surface area contributed by atoms with E-state index in [9.17, 15) is 14.0 Å². The van der Waals surface area contributed by atoms with Crippen LogP contribution in [0.15, 0.2) is 27.0 Å². The number of esters is 1. The van der Waals surface area contributed by atoms with Gasteiger partial charge in [0.1, 0.15) is 5.82 Å². The number of anilines is 1. The van der Waals surface area contributed by atoms with Crippen molar-refractivity contribution >= 4 is 23.4 Å². The number of aromatic nitrogens is 3. The van der Waals surface area contributed by atoms with Crippen LogP contribution in [0, 0.1) is 5.82 Å². The van der Waals surface area contributed by atoms with E-state index in [1.165, 1.54) is 24.8 Å². The monoisotopic (exact) mass is 298 g/mol. The van der Waals surface area contributed by atoms with Crippen LogP contribution in [-0.4, -0.2) is 27.8 Å². The van der Waals surface area contributed by atoms with Crippen molar-refractivity contribution in [2.45, 2.75) is 10.1 Å². The summed E-state index contributed by atoms with van der Waals surface area (Å²) in [6, 6.07) is 2.29. The van der Waals surface area contributed by atoms with Gasteiger partial charge < -0.3 is 10.5 Å². The van der Waals surface area contributed by atoms with Gasteiger partial charge in [-0.05, 0) is 23.9 Å². The van der Waals surface area contributed by atoms with Crippen molar-refractivity contribution in [3.8, 4) is 0 Å². The molecule has 0 atom stereocenters. The van der Waals surface area contributed by atoms with Crippen molar-refractivity contribution in [3.05, 3.63) is 34.0 Å². The second-order valence-electron chi connectivity index (χ2n) is 3.83. The standard InChI is InChI=1S/C11H11FN4O3S/c1-16-10(18)14-15-11(16)20-8-3-5(9(17)19-2)7(13)4-6(8)12/h3-4H,13H2,1-2H3,(H,14,18). The van der Waals surface area contributed by atoms with Gasteiger partial charge in [-0.3, -0.25) is 4.57 Å². The van der Waals surface area contributed by atoms with Crippen molar-refractivity contribution in [3.63, 3.8) is 0 Å². The lowest BCUT2D eigenvalue weighted by atomic mass is 10.2. The molecule has 106 valence electrons. The maximum atomic E-state index is 13.8. The fourth-order valence-electron chi connectivity index (χ4n) is 1.46. The van der Waals surface area contributed by atoms with E-state index < -0.39 is 17.5 Å². The van der Waals surface area contributed by atoms with Gasteiger partial charge in [-0.1, -0.05) is 0 Å². The highest BCUT2D eigenvalue weighted by atomic mass is 32.2. The molecule has 3 N–H and O–H groups in total. The Bertz CT molecular complexity index is 725. The highest BCUT2D eigenvalue weighted by Crippen LogP contribution is 2.30. The first-order valence-electron chi connectivity index (χ1n) is 5.40. The molecule has 0 radical (unpaired) electrons. The Morgan fingerprint density at radius 1 is 1.55 bits per heavy atom. The molecule has 1 aromatic carbocycles. The van der Waals surface area contributed by atoms with Crippen LogP contribution in [0.2, 0.25) is 0 Å². The van der Waals surface area contributed by atoms with E-state index in [1.54, 1.807) is 0 Å². The summed E-state index contributed by atoms with van der Waals surface area (Å²) in [5, 5.41) is 6.24. The van der Waals surface area contributed by atoms with Crippen molar-refractivity contribution < 1.29 is 13.9 Å². The van der Waals surface area contributed by atoms with Crippen LogP contribution in [-0.2, 0) is 11.8 Å². The number of nitrogen functional groups attached to an aromatic ring is 1. The first-order chi connectivity index (χ1) is 9.43.